The summed E-state index contributed by atoms with van der Waals surface area (Å²) in [5, 5.41) is 0. The maximum Gasteiger partial charge on any atom is 0.0786 e. The van der Waals surface area contributed by atoms with E-state index < -0.39 is 0 Å². The summed E-state index contributed by atoms with van der Waals surface area (Å²) >= 11 is 0. The number of hydrogen-bond donors (Lipinski definition) is 0. The zero-order valence-electron chi connectivity index (χ0n) is 7.77. The molecule has 68 valence electrons. The maximum atomic E-state index is 2.33. The molecule has 0 unspecified atom stereocenters. The Kier molecular flexibility index (Phi) is 5.36. The second-order valence-electron chi connectivity index (χ2n) is 3.48. The van der Waals surface area contributed by atoms with Crippen molar-refractivity contribution in [3.05, 3.63) is 0 Å². The smallest absolute Gasteiger partial charge is 0.0786 e. The highest BCUT2D eigenvalue weighted by atomic mass is 79.9. The van der Waals surface area contributed by atoms with Gasteiger partial charge in [-0.2, -0.15) is 0 Å². The molecule has 1 rings (SSSR count). The second-order valence-corrected chi connectivity index (χ2v) is 3.48. The fourth-order valence-corrected chi connectivity index (χ4v) is 2.04. The van der Waals surface area contributed by atoms with Gasteiger partial charge in [0.2, 0.25) is 0 Å². The van der Waals surface area contributed by atoms with Crippen LogP contribution >= 0.6 is 0 Å². The summed E-state index contributed by atoms with van der Waals surface area (Å²) in [7, 11) is 0. The Labute approximate surface area is 81.1 Å². The van der Waals surface area contributed by atoms with Crippen LogP contribution < -0.4 is 17.0 Å². The molecule has 1 heterocycles. The minimum Gasteiger partial charge on any atom is -1.00 e. The molecular formula is C9H20BrN. The molecule has 11 heavy (non-hydrogen) atoms. The van der Waals surface area contributed by atoms with Crippen LogP contribution in [0.4, 0.5) is 0 Å². The van der Waals surface area contributed by atoms with Gasteiger partial charge in [0.25, 0.3) is 0 Å². The molecule has 1 nitrogen and oxygen atoms in total. The minimum absolute atomic E-state index is 0. The molecule has 1 fully saturated rings. The highest BCUT2D eigenvalue weighted by Crippen LogP contribution is 2.17. The first-order chi connectivity index (χ1) is 4.83. The number of hydrogen-bond acceptors (Lipinski definition) is 0. The Hall–Kier alpha value is 0.440. The lowest BCUT2D eigenvalue weighted by Gasteiger charge is -2.39. The summed E-state index contributed by atoms with van der Waals surface area (Å²) in [6.07, 6.45) is 4.39. The molecule has 0 aromatic carbocycles. The quantitative estimate of drug-likeness (QED) is 0.527. The third-order valence-corrected chi connectivity index (χ3v) is 3.11. The standard InChI is InChI=1S/C9H20N.BrH/c1-3-10(4-2)8-6-5-7-9-10;/h3-9H2,1-2H3;1H/q+1;/p-1. The lowest BCUT2D eigenvalue weighted by Crippen LogP contribution is -3.00. The van der Waals surface area contributed by atoms with Crippen LogP contribution in [0.1, 0.15) is 33.1 Å². The number of likely N-dealkylation sites (tertiary alicyclic amines) is 1. The monoisotopic (exact) mass is 221 g/mol. The minimum atomic E-state index is 0. The van der Waals surface area contributed by atoms with E-state index in [9.17, 15) is 0 Å². The van der Waals surface area contributed by atoms with E-state index in [1.807, 2.05) is 0 Å². The molecule has 0 aliphatic carbocycles. The van der Waals surface area contributed by atoms with Gasteiger partial charge in [0.15, 0.2) is 0 Å². The van der Waals surface area contributed by atoms with Crippen LogP contribution in [0.5, 0.6) is 0 Å². The van der Waals surface area contributed by atoms with Gasteiger partial charge in [0, 0.05) is 0 Å². The molecule has 0 aromatic heterocycles. The summed E-state index contributed by atoms with van der Waals surface area (Å²) in [5.41, 5.74) is 0. The van der Waals surface area contributed by atoms with Crippen molar-refractivity contribution in [2.45, 2.75) is 33.1 Å². The van der Waals surface area contributed by atoms with Crippen LogP contribution in [0.3, 0.4) is 0 Å². The van der Waals surface area contributed by atoms with Crippen LogP contribution in [-0.4, -0.2) is 30.7 Å². The first-order valence-electron chi connectivity index (χ1n) is 4.68. The molecule has 1 aliphatic rings. The van der Waals surface area contributed by atoms with Crippen LogP contribution in [0, 0.1) is 0 Å². The van der Waals surface area contributed by atoms with E-state index in [0.717, 1.165) is 0 Å². The van der Waals surface area contributed by atoms with E-state index in [0.29, 0.717) is 0 Å². The number of quaternary nitrogens is 1. The zero-order chi connectivity index (χ0) is 7.45. The third kappa shape index (κ3) is 2.75. The van der Waals surface area contributed by atoms with E-state index >= 15 is 0 Å². The van der Waals surface area contributed by atoms with Gasteiger partial charge in [-0.1, -0.05) is 0 Å². The average Bonchev–Trinajstić information content (AvgIpc) is 2.06. The lowest BCUT2D eigenvalue weighted by atomic mass is 10.1. The normalized spacial score (nSPS) is 22.4. The Bertz CT molecular complexity index is 91.7. The van der Waals surface area contributed by atoms with Crippen molar-refractivity contribution < 1.29 is 21.5 Å². The van der Waals surface area contributed by atoms with E-state index in [1.54, 1.807) is 0 Å². The summed E-state index contributed by atoms with van der Waals surface area (Å²) in [6, 6.07) is 0. The van der Waals surface area contributed by atoms with Crippen molar-refractivity contribution in [2.75, 3.05) is 26.2 Å². The van der Waals surface area contributed by atoms with E-state index in [-0.39, 0.29) is 17.0 Å². The molecule has 0 radical (unpaired) electrons. The topological polar surface area (TPSA) is 0 Å². The molecule has 0 amide bonds. The molecule has 0 aromatic rings. The zero-order valence-corrected chi connectivity index (χ0v) is 9.36. The Balaban J connectivity index is 0.000001000. The molecule has 0 spiro atoms. The van der Waals surface area contributed by atoms with Crippen LogP contribution in [0.25, 0.3) is 0 Å². The van der Waals surface area contributed by atoms with Gasteiger partial charge in [-0.3, -0.25) is 0 Å². The van der Waals surface area contributed by atoms with Crippen molar-refractivity contribution in [3.63, 3.8) is 0 Å². The average molecular weight is 222 g/mol. The van der Waals surface area contributed by atoms with Crippen molar-refractivity contribution in [3.8, 4) is 0 Å². The fraction of sp³-hybridized carbons (Fsp3) is 1.00. The largest absolute Gasteiger partial charge is 1.00 e. The van der Waals surface area contributed by atoms with Gasteiger partial charge in [0.05, 0.1) is 26.2 Å². The van der Waals surface area contributed by atoms with Gasteiger partial charge in [0.1, 0.15) is 0 Å². The number of nitrogens with zero attached hydrogens (tertiary/aromatic N) is 1. The van der Waals surface area contributed by atoms with Gasteiger partial charge in [-0.05, 0) is 33.1 Å². The van der Waals surface area contributed by atoms with Crippen molar-refractivity contribution in [1.29, 1.82) is 0 Å². The SMILES string of the molecule is CC[N+]1(CC)CCCCC1.[Br-]. The molecule has 2 heteroatoms. The van der Waals surface area contributed by atoms with Gasteiger partial charge >= 0.3 is 0 Å². The van der Waals surface area contributed by atoms with Gasteiger partial charge in [-0.15, -0.1) is 0 Å². The predicted molar refractivity (Wildman–Crippen MR) is 44.9 cm³/mol. The molecule has 1 saturated heterocycles. The molecule has 0 N–H and O–H groups in total. The summed E-state index contributed by atoms with van der Waals surface area (Å²) < 4.78 is 1.39. The van der Waals surface area contributed by atoms with Crippen LogP contribution in [-0.2, 0) is 0 Å². The molecule has 0 atom stereocenters. The predicted octanol–water partition coefficient (Wildman–Crippen LogP) is -0.969. The van der Waals surface area contributed by atoms with Crippen molar-refractivity contribution in [1.82, 2.24) is 0 Å². The summed E-state index contributed by atoms with van der Waals surface area (Å²) in [6.45, 7) is 10.2. The highest BCUT2D eigenvalue weighted by Gasteiger charge is 2.24. The van der Waals surface area contributed by atoms with Crippen molar-refractivity contribution in [2.24, 2.45) is 0 Å². The molecular weight excluding hydrogens is 202 g/mol. The number of rotatable bonds is 2. The maximum absolute atomic E-state index is 2.33. The highest BCUT2D eigenvalue weighted by molar-refractivity contribution is 4.51. The summed E-state index contributed by atoms with van der Waals surface area (Å²) in [5.74, 6) is 0. The van der Waals surface area contributed by atoms with Crippen LogP contribution in [0.15, 0.2) is 0 Å². The molecule has 0 saturated carbocycles. The first-order valence-corrected chi connectivity index (χ1v) is 4.68. The summed E-state index contributed by atoms with van der Waals surface area (Å²) in [4.78, 5) is 0. The number of piperidine rings is 1. The van der Waals surface area contributed by atoms with E-state index in [4.69, 9.17) is 0 Å². The Morgan fingerprint density at radius 2 is 1.36 bits per heavy atom. The van der Waals surface area contributed by atoms with E-state index in [2.05, 4.69) is 13.8 Å². The second kappa shape index (κ2) is 5.15. The molecule has 1 aliphatic heterocycles. The van der Waals surface area contributed by atoms with Gasteiger partial charge < -0.3 is 21.5 Å². The first kappa shape index (κ1) is 11.4. The third-order valence-electron chi connectivity index (χ3n) is 3.11. The molecule has 0 bridgehead atoms. The fourth-order valence-electron chi connectivity index (χ4n) is 2.04. The Morgan fingerprint density at radius 3 is 1.64 bits per heavy atom. The van der Waals surface area contributed by atoms with Crippen LogP contribution in [0.2, 0.25) is 0 Å². The van der Waals surface area contributed by atoms with Gasteiger partial charge in [-0.25, -0.2) is 0 Å². The Morgan fingerprint density at radius 1 is 0.909 bits per heavy atom. The van der Waals surface area contributed by atoms with Crippen molar-refractivity contribution >= 4 is 0 Å². The lowest BCUT2D eigenvalue weighted by molar-refractivity contribution is -0.929. The number of halogens is 1. The van der Waals surface area contributed by atoms with E-state index in [1.165, 1.54) is 49.9 Å².